The average Bonchev–Trinajstić information content (AvgIpc) is 2.38. The van der Waals surface area contributed by atoms with Crippen molar-refractivity contribution in [2.24, 2.45) is 5.92 Å². The molecule has 1 atom stereocenters. The molecular formula is C16H23N3. The van der Waals surface area contributed by atoms with E-state index in [-0.39, 0.29) is 0 Å². The molecule has 3 nitrogen and oxygen atoms in total. The summed E-state index contributed by atoms with van der Waals surface area (Å²) in [6.07, 6.45) is 0. The van der Waals surface area contributed by atoms with Crippen molar-refractivity contribution in [3.8, 4) is 0 Å². The maximum absolute atomic E-state index is 4.71. The lowest BCUT2D eigenvalue weighted by Gasteiger charge is -2.20. The molecule has 0 radical (unpaired) electrons. The molecule has 2 rings (SSSR count). The molecule has 0 aliphatic rings. The SMILES string of the molecule is CNCC(C)CN(C)Cc1ccc2ccccc2n1. The number of para-hydroxylation sites is 1. The zero-order valence-corrected chi connectivity index (χ0v) is 12.1. The zero-order valence-electron chi connectivity index (χ0n) is 12.1. The van der Waals surface area contributed by atoms with Crippen molar-refractivity contribution in [3.63, 3.8) is 0 Å². The molecule has 2 aromatic rings. The highest BCUT2D eigenvalue weighted by Crippen LogP contribution is 2.13. The first-order chi connectivity index (χ1) is 9.19. The van der Waals surface area contributed by atoms with Gasteiger partial charge in [0.2, 0.25) is 0 Å². The van der Waals surface area contributed by atoms with Crippen molar-refractivity contribution in [2.75, 3.05) is 27.2 Å². The molecule has 1 heterocycles. The van der Waals surface area contributed by atoms with Gasteiger partial charge in [0.15, 0.2) is 0 Å². The summed E-state index contributed by atoms with van der Waals surface area (Å²) in [7, 11) is 4.16. The van der Waals surface area contributed by atoms with E-state index in [4.69, 9.17) is 4.98 Å². The van der Waals surface area contributed by atoms with Crippen LogP contribution in [0.15, 0.2) is 36.4 Å². The molecule has 19 heavy (non-hydrogen) atoms. The number of benzene rings is 1. The lowest BCUT2D eigenvalue weighted by molar-refractivity contribution is 0.274. The minimum absolute atomic E-state index is 0.649. The van der Waals surface area contributed by atoms with E-state index in [0.717, 1.165) is 30.8 Å². The van der Waals surface area contributed by atoms with Gasteiger partial charge >= 0.3 is 0 Å². The highest BCUT2D eigenvalue weighted by atomic mass is 15.1. The third kappa shape index (κ3) is 4.01. The van der Waals surface area contributed by atoms with E-state index < -0.39 is 0 Å². The molecule has 0 bridgehead atoms. The molecule has 0 spiro atoms. The Balaban J connectivity index is 2.00. The summed E-state index contributed by atoms with van der Waals surface area (Å²) in [5.74, 6) is 0.649. The maximum Gasteiger partial charge on any atom is 0.0705 e. The molecule has 1 aromatic carbocycles. The molecule has 0 fully saturated rings. The highest BCUT2D eigenvalue weighted by molar-refractivity contribution is 5.78. The van der Waals surface area contributed by atoms with Crippen LogP contribution in [0, 0.1) is 5.92 Å². The van der Waals surface area contributed by atoms with Gasteiger partial charge < -0.3 is 10.2 Å². The Kier molecular flexibility index (Phi) is 4.88. The van der Waals surface area contributed by atoms with Crippen molar-refractivity contribution in [1.29, 1.82) is 0 Å². The van der Waals surface area contributed by atoms with E-state index in [1.54, 1.807) is 0 Å². The van der Waals surface area contributed by atoms with E-state index in [1.807, 2.05) is 13.1 Å². The molecule has 0 aliphatic carbocycles. The lowest BCUT2D eigenvalue weighted by Crippen LogP contribution is -2.29. The number of nitrogens with one attached hydrogen (secondary N) is 1. The van der Waals surface area contributed by atoms with Crippen LogP contribution in [0.25, 0.3) is 10.9 Å². The average molecular weight is 257 g/mol. The normalized spacial score (nSPS) is 13.1. The number of pyridine rings is 1. The van der Waals surface area contributed by atoms with E-state index in [9.17, 15) is 0 Å². The van der Waals surface area contributed by atoms with Crippen LogP contribution in [0.4, 0.5) is 0 Å². The van der Waals surface area contributed by atoms with Gasteiger partial charge in [0.05, 0.1) is 11.2 Å². The first kappa shape index (κ1) is 14.0. The second-order valence-corrected chi connectivity index (χ2v) is 5.35. The van der Waals surface area contributed by atoms with Gasteiger partial charge in [-0.1, -0.05) is 31.2 Å². The largest absolute Gasteiger partial charge is 0.319 e. The number of fused-ring (bicyclic) bond motifs is 1. The fourth-order valence-corrected chi connectivity index (χ4v) is 2.48. The standard InChI is InChI=1S/C16H23N3/c1-13(10-17-2)11-19(3)12-15-9-8-14-6-4-5-7-16(14)18-15/h4-9,13,17H,10-12H2,1-3H3. The van der Waals surface area contributed by atoms with E-state index in [1.165, 1.54) is 5.39 Å². The summed E-state index contributed by atoms with van der Waals surface area (Å²) in [6, 6.07) is 12.5. The van der Waals surface area contributed by atoms with Crippen molar-refractivity contribution in [3.05, 3.63) is 42.1 Å². The Morgan fingerprint density at radius 3 is 2.79 bits per heavy atom. The van der Waals surface area contributed by atoms with Crippen LogP contribution in [0.1, 0.15) is 12.6 Å². The van der Waals surface area contributed by atoms with E-state index >= 15 is 0 Å². The van der Waals surface area contributed by atoms with Crippen LogP contribution < -0.4 is 5.32 Å². The molecule has 1 aromatic heterocycles. The Labute approximate surface area is 115 Å². The van der Waals surface area contributed by atoms with Gasteiger partial charge in [0.25, 0.3) is 0 Å². The Morgan fingerprint density at radius 1 is 1.21 bits per heavy atom. The number of hydrogen-bond donors (Lipinski definition) is 1. The minimum atomic E-state index is 0.649. The lowest BCUT2D eigenvalue weighted by atomic mass is 10.1. The van der Waals surface area contributed by atoms with Gasteiger partial charge in [-0.2, -0.15) is 0 Å². The van der Waals surface area contributed by atoms with Gasteiger partial charge in [-0.25, -0.2) is 0 Å². The van der Waals surface area contributed by atoms with Gasteiger partial charge in [-0.3, -0.25) is 4.98 Å². The minimum Gasteiger partial charge on any atom is -0.319 e. The van der Waals surface area contributed by atoms with Crippen LogP contribution in [0.2, 0.25) is 0 Å². The molecule has 1 unspecified atom stereocenters. The monoisotopic (exact) mass is 257 g/mol. The maximum atomic E-state index is 4.71. The van der Waals surface area contributed by atoms with Crippen LogP contribution in [-0.2, 0) is 6.54 Å². The van der Waals surface area contributed by atoms with E-state index in [2.05, 4.69) is 54.5 Å². The molecule has 1 N–H and O–H groups in total. The fraction of sp³-hybridized carbons (Fsp3) is 0.438. The van der Waals surface area contributed by atoms with Crippen LogP contribution in [0.5, 0.6) is 0 Å². The van der Waals surface area contributed by atoms with Crippen molar-refractivity contribution >= 4 is 10.9 Å². The summed E-state index contributed by atoms with van der Waals surface area (Å²) in [5, 5.41) is 4.42. The Morgan fingerprint density at radius 2 is 2.00 bits per heavy atom. The van der Waals surface area contributed by atoms with Gasteiger partial charge in [0.1, 0.15) is 0 Å². The summed E-state index contributed by atoms with van der Waals surface area (Å²) in [4.78, 5) is 7.04. The van der Waals surface area contributed by atoms with E-state index in [0.29, 0.717) is 5.92 Å². The van der Waals surface area contributed by atoms with Gasteiger partial charge in [-0.15, -0.1) is 0 Å². The molecular weight excluding hydrogens is 234 g/mol. The number of aromatic nitrogens is 1. The number of rotatable bonds is 6. The summed E-state index contributed by atoms with van der Waals surface area (Å²) >= 11 is 0. The Hall–Kier alpha value is -1.45. The van der Waals surface area contributed by atoms with Crippen molar-refractivity contribution < 1.29 is 0 Å². The first-order valence-electron chi connectivity index (χ1n) is 6.87. The predicted molar refractivity (Wildman–Crippen MR) is 81.2 cm³/mol. The van der Waals surface area contributed by atoms with Crippen molar-refractivity contribution in [2.45, 2.75) is 13.5 Å². The molecule has 0 amide bonds. The topological polar surface area (TPSA) is 28.2 Å². The molecule has 0 saturated heterocycles. The van der Waals surface area contributed by atoms with Gasteiger partial charge in [0, 0.05) is 18.5 Å². The van der Waals surface area contributed by atoms with Crippen molar-refractivity contribution in [1.82, 2.24) is 15.2 Å². The third-order valence-electron chi connectivity index (χ3n) is 3.26. The third-order valence-corrected chi connectivity index (χ3v) is 3.26. The number of hydrogen-bond acceptors (Lipinski definition) is 3. The highest BCUT2D eigenvalue weighted by Gasteiger charge is 2.07. The summed E-state index contributed by atoms with van der Waals surface area (Å²) in [5.41, 5.74) is 2.22. The zero-order chi connectivity index (χ0) is 13.7. The second-order valence-electron chi connectivity index (χ2n) is 5.35. The quantitative estimate of drug-likeness (QED) is 0.862. The predicted octanol–water partition coefficient (Wildman–Crippen LogP) is 2.52. The second kappa shape index (κ2) is 6.64. The molecule has 102 valence electrons. The molecule has 0 saturated carbocycles. The van der Waals surface area contributed by atoms with Crippen LogP contribution in [0.3, 0.4) is 0 Å². The Bertz CT molecular complexity index is 524. The summed E-state index contributed by atoms with van der Waals surface area (Å²) in [6.45, 7) is 5.30. The van der Waals surface area contributed by atoms with Crippen LogP contribution in [-0.4, -0.2) is 37.1 Å². The molecule has 0 aliphatic heterocycles. The molecule has 3 heteroatoms. The van der Waals surface area contributed by atoms with Crippen LogP contribution >= 0.6 is 0 Å². The summed E-state index contributed by atoms with van der Waals surface area (Å²) < 4.78 is 0. The number of nitrogens with zero attached hydrogens (tertiary/aromatic N) is 2. The smallest absolute Gasteiger partial charge is 0.0705 e. The van der Waals surface area contributed by atoms with Gasteiger partial charge in [-0.05, 0) is 38.7 Å². The fourth-order valence-electron chi connectivity index (χ4n) is 2.48. The first-order valence-corrected chi connectivity index (χ1v) is 6.87.